The second-order valence-corrected chi connectivity index (χ2v) is 5.28. The van der Waals surface area contributed by atoms with Crippen molar-refractivity contribution in [2.24, 2.45) is 0 Å². The first-order chi connectivity index (χ1) is 11.2. The number of rotatable bonds is 6. The van der Waals surface area contributed by atoms with Crippen LogP contribution in [0.3, 0.4) is 0 Å². The largest absolute Gasteiger partial charge is 0.386 e. The summed E-state index contributed by atoms with van der Waals surface area (Å²) in [5.41, 5.74) is 2.02. The van der Waals surface area contributed by atoms with Gasteiger partial charge in [0.25, 0.3) is 5.91 Å². The first-order valence-corrected chi connectivity index (χ1v) is 7.47. The van der Waals surface area contributed by atoms with E-state index in [0.29, 0.717) is 18.1 Å². The number of nitrogens with one attached hydrogen (secondary N) is 2. The van der Waals surface area contributed by atoms with Crippen LogP contribution in [0, 0.1) is 11.3 Å². The molecule has 0 fully saturated rings. The van der Waals surface area contributed by atoms with Crippen molar-refractivity contribution in [3.8, 4) is 6.07 Å². The molecule has 0 saturated heterocycles. The van der Waals surface area contributed by atoms with Crippen LogP contribution < -0.4 is 10.6 Å². The molecule has 0 spiro atoms. The van der Waals surface area contributed by atoms with Crippen molar-refractivity contribution >= 4 is 17.5 Å². The van der Waals surface area contributed by atoms with Crippen LogP contribution >= 0.6 is 11.6 Å². The van der Waals surface area contributed by atoms with Gasteiger partial charge in [0.15, 0.2) is 0 Å². The highest BCUT2D eigenvalue weighted by atomic mass is 35.5. The van der Waals surface area contributed by atoms with Crippen LogP contribution in [0.15, 0.2) is 66.4 Å². The molecule has 4 nitrogen and oxygen atoms in total. The molecule has 116 valence electrons. The number of nitriles is 1. The minimum absolute atomic E-state index is 0.0369. The Balaban J connectivity index is 1.86. The summed E-state index contributed by atoms with van der Waals surface area (Å²) in [6.07, 6.45) is 1.43. The topological polar surface area (TPSA) is 64.9 Å². The SMILES string of the molecule is N#C/C(=C/NCc1ccc(Cl)cc1)C(=O)NCc1ccccc1. The Kier molecular flexibility index (Phi) is 6.22. The standard InChI is InChI=1S/C18H16ClN3O/c19-17-8-6-15(7-9-17)11-21-13-16(10-20)18(23)22-12-14-4-2-1-3-5-14/h1-9,13,21H,11-12H2,(H,22,23)/b16-13-. The number of carbonyl (C=O) groups excluding carboxylic acids is 1. The summed E-state index contributed by atoms with van der Waals surface area (Å²) in [5, 5.41) is 15.4. The number of amides is 1. The van der Waals surface area contributed by atoms with Crippen molar-refractivity contribution in [2.45, 2.75) is 13.1 Å². The highest BCUT2D eigenvalue weighted by Gasteiger charge is 2.07. The lowest BCUT2D eigenvalue weighted by atomic mass is 10.2. The lowest BCUT2D eigenvalue weighted by molar-refractivity contribution is -0.117. The molecular weight excluding hydrogens is 310 g/mol. The predicted molar refractivity (Wildman–Crippen MR) is 90.3 cm³/mol. The third-order valence-electron chi connectivity index (χ3n) is 3.13. The molecule has 0 bridgehead atoms. The maximum Gasteiger partial charge on any atom is 0.263 e. The minimum atomic E-state index is -0.403. The molecule has 0 saturated carbocycles. The average Bonchev–Trinajstić information content (AvgIpc) is 2.59. The van der Waals surface area contributed by atoms with Crippen molar-refractivity contribution in [3.63, 3.8) is 0 Å². The van der Waals surface area contributed by atoms with Crippen LogP contribution in [0.5, 0.6) is 0 Å². The molecular formula is C18H16ClN3O. The van der Waals surface area contributed by atoms with Gasteiger partial charge >= 0.3 is 0 Å². The Labute approximate surface area is 140 Å². The van der Waals surface area contributed by atoms with E-state index in [4.69, 9.17) is 16.9 Å². The van der Waals surface area contributed by atoms with E-state index >= 15 is 0 Å². The molecule has 2 N–H and O–H groups in total. The van der Waals surface area contributed by atoms with Crippen molar-refractivity contribution < 1.29 is 4.79 Å². The fourth-order valence-corrected chi connectivity index (χ4v) is 2.02. The van der Waals surface area contributed by atoms with E-state index in [1.165, 1.54) is 6.20 Å². The third kappa shape index (κ3) is 5.50. The zero-order chi connectivity index (χ0) is 16.5. The molecule has 0 aliphatic carbocycles. The molecule has 5 heteroatoms. The molecule has 0 aliphatic heterocycles. The van der Waals surface area contributed by atoms with Crippen LogP contribution in [-0.4, -0.2) is 5.91 Å². The van der Waals surface area contributed by atoms with Gasteiger partial charge in [0.05, 0.1) is 0 Å². The fraction of sp³-hybridized carbons (Fsp3) is 0.111. The summed E-state index contributed by atoms with van der Waals surface area (Å²) in [7, 11) is 0. The molecule has 0 radical (unpaired) electrons. The Hall–Kier alpha value is -2.77. The van der Waals surface area contributed by atoms with E-state index in [-0.39, 0.29) is 5.57 Å². The molecule has 0 unspecified atom stereocenters. The Morgan fingerprint density at radius 1 is 1.04 bits per heavy atom. The van der Waals surface area contributed by atoms with Crippen LogP contribution in [0.1, 0.15) is 11.1 Å². The van der Waals surface area contributed by atoms with Gasteiger partial charge in [-0.2, -0.15) is 5.26 Å². The fourth-order valence-electron chi connectivity index (χ4n) is 1.90. The summed E-state index contributed by atoms with van der Waals surface area (Å²) < 4.78 is 0. The molecule has 0 aromatic heterocycles. The summed E-state index contributed by atoms with van der Waals surface area (Å²) in [6, 6.07) is 18.8. The normalized spacial score (nSPS) is 10.7. The van der Waals surface area contributed by atoms with Crippen molar-refractivity contribution in [1.29, 1.82) is 5.26 Å². The van der Waals surface area contributed by atoms with Gasteiger partial charge in [-0.15, -0.1) is 0 Å². The van der Waals surface area contributed by atoms with Gasteiger partial charge in [-0.25, -0.2) is 0 Å². The van der Waals surface area contributed by atoms with E-state index in [1.807, 2.05) is 48.5 Å². The van der Waals surface area contributed by atoms with Crippen molar-refractivity contribution in [3.05, 3.63) is 82.5 Å². The predicted octanol–water partition coefficient (Wildman–Crippen LogP) is 3.15. The van der Waals surface area contributed by atoms with Crippen molar-refractivity contribution in [2.75, 3.05) is 0 Å². The quantitative estimate of drug-likeness (QED) is 0.633. The van der Waals surface area contributed by atoms with Gasteiger partial charge in [-0.05, 0) is 23.3 Å². The highest BCUT2D eigenvalue weighted by Crippen LogP contribution is 2.09. The van der Waals surface area contributed by atoms with Crippen LogP contribution in [0.2, 0.25) is 5.02 Å². The molecule has 1 amide bonds. The minimum Gasteiger partial charge on any atom is -0.386 e. The third-order valence-corrected chi connectivity index (χ3v) is 3.38. The Morgan fingerprint density at radius 2 is 1.70 bits per heavy atom. The van der Waals surface area contributed by atoms with E-state index in [1.54, 1.807) is 12.1 Å². The van der Waals surface area contributed by atoms with Gasteiger partial charge in [-0.3, -0.25) is 4.79 Å². The van der Waals surface area contributed by atoms with Gasteiger partial charge < -0.3 is 10.6 Å². The number of halogens is 1. The first kappa shape index (κ1) is 16.6. The monoisotopic (exact) mass is 325 g/mol. The highest BCUT2D eigenvalue weighted by molar-refractivity contribution is 6.30. The number of hydrogen-bond donors (Lipinski definition) is 2. The molecule has 2 rings (SSSR count). The molecule has 0 atom stereocenters. The molecule has 0 aliphatic rings. The summed E-state index contributed by atoms with van der Waals surface area (Å²) in [5.74, 6) is -0.403. The van der Waals surface area contributed by atoms with E-state index < -0.39 is 5.91 Å². The molecule has 0 heterocycles. The maximum absolute atomic E-state index is 12.0. The summed E-state index contributed by atoms with van der Waals surface area (Å²) >= 11 is 5.82. The smallest absolute Gasteiger partial charge is 0.263 e. The lowest BCUT2D eigenvalue weighted by Crippen LogP contribution is -2.25. The number of nitrogens with zero attached hydrogens (tertiary/aromatic N) is 1. The van der Waals surface area contributed by atoms with Crippen LogP contribution in [0.4, 0.5) is 0 Å². The van der Waals surface area contributed by atoms with E-state index in [2.05, 4.69) is 10.6 Å². The zero-order valence-corrected chi connectivity index (χ0v) is 13.2. The number of carbonyl (C=O) groups is 1. The van der Waals surface area contributed by atoms with Crippen LogP contribution in [-0.2, 0) is 17.9 Å². The molecule has 23 heavy (non-hydrogen) atoms. The molecule has 2 aromatic carbocycles. The van der Waals surface area contributed by atoms with E-state index in [9.17, 15) is 4.79 Å². The van der Waals surface area contributed by atoms with Gasteiger partial charge in [0.1, 0.15) is 11.6 Å². The van der Waals surface area contributed by atoms with E-state index in [0.717, 1.165) is 11.1 Å². The summed E-state index contributed by atoms with van der Waals surface area (Å²) in [4.78, 5) is 12.0. The van der Waals surface area contributed by atoms with Gasteiger partial charge in [0.2, 0.25) is 0 Å². The second-order valence-electron chi connectivity index (χ2n) is 4.85. The molecule has 2 aromatic rings. The number of benzene rings is 2. The van der Waals surface area contributed by atoms with Crippen LogP contribution in [0.25, 0.3) is 0 Å². The number of hydrogen-bond acceptors (Lipinski definition) is 3. The van der Waals surface area contributed by atoms with Crippen molar-refractivity contribution in [1.82, 2.24) is 10.6 Å². The zero-order valence-electron chi connectivity index (χ0n) is 12.4. The summed E-state index contributed by atoms with van der Waals surface area (Å²) in [6.45, 7) is 0.893. The first-order valence-electron chi connectivity index (χ1n) is 7.09. The maximum atomic E-state index is 12.0. The average molecular weight is 326 g/mol. The Bertz CT molecular complexity index is 718. The van der Waals surface area contributed by atoms with Gasteiger partial charge in [-0.1, -0.05) is 54.1 Å². The second kappa shape index (κ2) is 8.62. The van der Waals surface area contributed by atoms with Gasteiger partial charge in [0, 0.05) is 24.3 Å². The lowest BCUT2D eigenvalue weighted by Gasteiger charge is -2.05. The Morgan fingerprint density at radius 3 is 2.35 bits per heavy atom.